The van der Waals surface area contributed by atoms with E-state index < -0.39 is 6.04 Å². The van der Waals surface area contributed by atoms with Crippen molar-refractivity contribution in [2.24, 2.45) is 30.5 Å². The van der Waals surface area contributed by atoms with Crippen molar-refractivity contribution in [2.45, 2.75) is 50.6 Å². The molecule has 144 valence electrons. The number of hydrogen-bond acceptors (Lipinski definition) is 4. The number of amides is 2. The molecule has 7 nitrogen and oxygen atoms in total. The molecule has 2 amide bonds. The van der Waals surface area contributed by atoms with E-state index in [1.165, 1.54) is 6.42 Å². The molecule has 3 aliphatic rings. The number of hydrogen-bond donors (Lipinski definition) is 2. The Labute approximate surface area is 160 Å². The molecule has 1 aromatic rings. The highest BCUT2D eigenvalue weighted by Crippen LogP contribution is 2.42. The normalized spacial score (nSPS) is 33.7. The van der Waals surface area contributed by atoms with Crippen LogP contribution in [0.1, 0.15) is 38.5 Å². The van der Waals surface area contributed by atoms with Crippen LogP contribution in [0.15, 0.2) is 12.4 Å². The summed E-state index contributed by atoms with van der Waals surface area (Å²) in [7, 11) is 1.83. The van der Waals surface area contributed by atoms with Crippen LogP contribution in [-0.2, 0) is 16.6 Å². The molecule has 2 aliphatic carbocycles. The number of anilines is 1. The van der Waals surface area contributed by atoms with Gasteiger partial charge in [0.2, 0.25) is 11.8 Å². The minimum absolute atomic E-state index is 0. The molecule has 1 aliphatic heterocycles. The Balaban J connectivity index is 0.00000196. The zero-order valence-corrected chi connectivity index (χ0v) is 16.0. The highest BCUT2D eigenvalue weighted by molar-refractivity contribution is 6.01. The van der Waals surface area contributed by atoms with E-state index >= 15 is 0 Å². The van der Waals surface area contributed by atoms with Crippen LogP contribution >= 0.6 is 12.4 Å². The fourth-order valence-corrected chi connectivity index (χ4v) is 4.91. The van der Waals surface area contributed by atoms with E-state index in [0.29, 0.717) is 24.8 Å². The topological polar surface area (TPSA) is 93.2 Å². The third-order valence-electron chi connectivity index (χ3n) is 6.31. The van der Waals surface area contributed by atoms with Gasteiger partial charge in [-0.3, -0.25) is 14.3 Å². The van der Waals surface area contributed by atoms with E-state index in [1.807, 2.05) is 13.2 Å². The van der Waals surface area contributed by atoms with Crippen LogP contribution in [0.2, 0.25) is 0 Å². The van der Waals surface area contributed by atoms with Gasteiger partial charge in [-0.15, -0.1) is 12.4 Å². The second-order valence-corrected chi connectivity index (χ2v) is 7.91. The third kappa shape index (κ3) is 3.47. The number of nitrogens with one attached hydrogen (secondary N) is 1. The quantitative estimate of drug-likeness (QED) is 0.823. The maximum Gasteiger partial charge on any atom is 0.249 e. The fraction of sp³-hybridized carbons (Fsp3) is 0.722. The first kappa shape index (κ1) is 19.2. The maximum absolute atomic E-state index is 12.7. The summed E-state index contributed by atoms with van der Waals surface area (Å²) in [5.74, 6) is 0.948. The lowest BCUT2D eigenvalue weighted by Gasteiger charge is -2.43. The van der Waals surface area contributed by atoms with Crippen LogP contribution < -0.4 is 16.0 Å². The number of rotatable bonds is 3. The predicted molar refractivity (Wildman–Crippen MR) is 101 cm³/mol. The van der Waals surface area contributed by atoms with Crippen molar-refractivity contribution in [1.82, 2.24) is 15.1 Å². The van der Waals surface area contributed by atoms with Crippen LogP contribution in [0.4, 0.5) is 5.69 Å². The van der Waals surface area contributed by atoms with E-state index in [1.54, 1.807) is 15.8 Å². The van der Waals surface area contributed by atoms with Gasteiger partial charge < -0.3 is 16.0 Å². The van der Waals surface area contributed by atoms with Crippen molar-refractivity contribution in [2.75, 3.05) is 11.4 Å². The molecule has 0 aromatic carbocycles. The highest BCUT2D eigenvalue weighted by Gasteiger charge is 2.42. The van der Waals surface area contributed by atoms with Crippen molar-refractivity contribution < 1.29 is 9.59 Å². The number of carbonyl (C=O) groups excluding carboxylic acids is 2. The third-order valence-corrected chi connectivity index (χ3v) is 6.31. The minimum atomic E-state index is -0.414. The van der Waals surface area contributed by atoms with E-state index in [4.69, 9.17) is 5.73 Å². The Kier molecular flexibility index (Phi) is 5.58. The Hall–Kier alpha value is -1.60. The van der Waals surface area contributed by atoms with Gasteiger partial charge in [-0.25, -0.2) is 0 Å². The monoisotopic (exact) mass is 381 g/mol. The zero-order chi connectivity index (χ0) is 17.6. The summed E-state index contributed by atoms with van der Waals surface area (Å²) in [6.07, 6.45) is 9.42. The molecule has 1 saturated heterocycles. The van der Waals surface area contributed by atoms with Crippen molar-refractivity contribution >= 4 is 29.9 Å². The lowest BCUT2D eigenvalue weighted by Crippen LogP contribution is -2.51. The van der Waals surface area contributed by atoms with Crippen molar-refractivity contribution in [3.05, 3.63) is 12.4 Å². The lowest BCUT2D eigenvalue weighted by molar-refractivity contribution is -0.131. The van der Waals surface area contributed by atoms with E-state index in [2.05, 4.69) is 10.4 Å². The number of aromatic nitrogens is 2. The second kappa shape index (κ2) is 7.56. The van der Waals surface area contributed by atoms with Gasteiger partial charge in [0, 0.05) is 31.7 Å². The summed E-state index contributed by atoms with van der Waals surface area (Å²) >= 11 is 0. The van der Waals surface area contributed by atoms with E-state index in [0.717, 1.165) is 31.4 Å². The van der Waals surface area contributed by atoms with Gasteiger partial charge in [-0.2, -0.15) is 5.10 Å². The maximum atomic E-state index is 12.7. The largest absolute Gasteiger partial charge is 0.344 e. The minimum Gasteiger partial charge on any atom is -0.344 e. The molecule has 26 heavy (non-hydrogen) atoms. The number of carbonyl (C=O) groups is 2. The van der Waals surface area contributed by atoms with Gasteiger partial charge in [0.25, 0.3) is 0 Å². The molecule has 8 heteroatoms. The molecule has 2 saturated carbocycles. The Morgan fingerprint density at radius 3 is 2.58 bits per heavy atom. The number of halogens is 1. The van der Waals surface area contributed by atoms with Crippen LogP contribution in [0.25, 0.3) is 0 Å². The summed E-state index contributed by atoms with van der Waals surface area (Å²) < 4.78 is 1.68. The van der Waals surface area contributed by atoms with Gasteiger partial charge in [0.05, 0.1) is 11.9 Å². The first-order chi connectivity index (χ1) is 12.0. The smallest absolute Gasteiger partial charge is 0.249 e. The molecule has 1 aromatic heterocycles. The fourth-order valence-electron chi connectivity index (χ4n) is 4.91. The van der Waals surface area contributed by atoms with Crippen LogP contribution in [0.3, 0.4) is 0 Å². The number of fused-ring (bicyclic) bond motifs is 2. The van der Waals surface area contributed by atoms with Gasteiger partial charge in [0.15, 0.2) is 0 Å². The van der Waals surface area contributed by atoms with Crippen molar-refractivity contribution in [3.8, 4) is 0 Å². The average molecular weight is 382 g/mol. The molecule has 2 bridgehead atoms. The number of aryl methyl sites for hydroxylation is 1. The van der Waals surface area contributed by atoms with Crippen LogP contribution in [0.5, 0.6) is 0 Å². The zero-order valence-electron chi connectivity index (χ0n) is 15.1. The van der Waals surface area contributed by atoms with E-state index in [-0.39, 0.29) is 36.2 Å². The van der Waals surface area contributed by atoms with Gasteiger partial charge in [0.1, 0.15) is 6.04 Å². The SMILES string of the molecule is Cl.Cn1cc(N2CCC(NC(=O)C3CC4CCCC(C3)C4N)C2=O)cn1. The summed E-state index contributed by atoms with van der Waals surface area (Å²) in [4.78, 5) is 27.1. The van der Waals surface area contributed by atoms with Gasteiger partial charge >= 0.3 is 0 Å². The van der Waals surface area contributed by atoms with Gasteiger partial charge in [-0.1, -0.05) is 6.42 Å². The Bertz CT molecular complexity index is 664. The molecule has 4 rings (SSSR count). The number of nitrogens with two attached hydrogens (primary N) is 1. The molecule has 3 atom stereocenters. The van der Waals surface area contributed by atoms with Crippen LogP contribution in [-0.4, -0.2) is 40.2 Å². The molecule has 3 fully saturated rings. The first-order valence-electron chi connectivity index (χ1n) is 9.39. The highest BCUT2D eigenvalue weighted by atomic mass is 35.5. The molecule has 0 spiro atoms. The molecule has 3 N–H and O–H groups in total. The average Bonchev–Trinajstić information content (AvgIpc) is 3.13. The van der Waals surface area contributed by atoms with Crippen molar-refractivity contribution in [1.29, 1.82) is 0 Å². The Morgan fingerprint density at radius 1 is 1.27 bits per heavy atom. The van der Waals surface area contributed by atoms with Crippen molar-refractivity contribution in [3.63, 3.8) is 0 Å². The van der Waals surface area contributed by atoms with E-state index in [9.17, 15) is 9.59 Å². The summed E-state index contributed by atoms with van der Waals surface area (Å²) in [6.45, 7) is 0.621. The number of nitrogens with zero attached hydrogens (tertiary/aromatic N) is 3. The second-order valence-electron chi connectivity index (χ2n) is 7.91. The predicted octanol–water partition coefficient (Wildman–Crippen LogP) is 1.22. The van der Waals surface area contributed by atoms with Gasteiger partial charge in [-0.05, 0) is 43.9 Å². The summed E-state index contributed by atoms with van der Waals surface area (Å²) in [5.41, 5.74) is 7.11. The molecule has 0 radical (unpaired) electrons. The first-order valence-corrected chi connectivity index (χ1v) is 9.39. The standard InChI is InChI=1S/C18H27N5O2.ClH/c1-22-10-14(9-20-22)23-6-5-15(18(23)25)21-17(24)13-7-11-3-2-4-12(8-13)16(11)19;/h9-13,15-16H,2-8,19H2,1H3,(H,21,24);1H. The Morgan fingerprint density at radius 2 is 1.96 bits per heavy atom. The summed E-state index contributed by atoms with van der Waals surface area (Å²) in [5, 5.41) is 7.13. The molecular formula is C18H28ClN5O2. The molecular weight excluding hydrogens is 354 g/mol. The lowest BCUT2D eigenvalue weighted by atomic mass is 9.65. The molecule has 2 heterocycles. The van der Waals surface area contributed by atoms with Crippen LogP contribution in [0, 0.1) is 17.8 Å². The summed E-state index contributed by atoms with van der Waals surface area (Å²) in [6, 6.07) is -0.157. The molecule has 3 unspecified atom stereocenters.